The molecule has 0 bridgehead atoms. The van der Waals surface area contributed by atoms with Gasteiger partial charge in [0.05, 0.1) is 6.21 Å². The molecule has 1 rings (SSSR count). The van der Waals surface area contributed by atoms with Crippen molar-refractivity contribution in [1.82, 2.24) is 5.01 Å². The summed E-state index contributed by atoms with van der Waals surface area (Å²) in [5.74, 6) is 0. The maximum absolute atomic E-state index is 5.97. The summed E-state index contributed by atoms with van der Waals surface area (Å²) in [7, 11) is 3.75. The van der Waals surface area contributed by atoms with Gasteiger partial charge in [-0.15, -0.1) is 0 Å². The van der Waals surface area contributed by atoms with E-state index in [1.165, 1.54) is 5.56 Å². The molecule has 0 aliphatic carbocycles. The molecule has 0 N–H and O–H groups in total. The van der Waals surface area contributed by atoms with Gasteiger partial charge in [0, 0.05) is 24.7 Å². The van der Waals surface area contributed by atoms with E-state index in [1.807, 2.05) is 39.2 Å². The molecule has 1 aromatic rings. The Morgan fingerprint density at radius 2 is 2.08 bits per heavy atom. The molecule has 0 heterocycles. The molecule has 0 aliphatic heterocycles. The summed E-state index contributed by atoms with van der Waals surface area (Å²) in [4.78, 5) is 0. The average molecular weight is 197 g/mol. The molecule has 0 aromatic heterocycles. The SMILES string of the molecule is Cc1ccc(Cl)c(C=NN(C)C)c1. The first-order chi connectivity index (χ1) is 6.09. The summed E-state index contributed by atoms with van der Waals surface area (Å²) < 4.78 is 0. The first-order valence-corrected chi connectivity index (χ1v) is 4.45. The van der Waals surface area contributed by atoms with Gasteiger partial charge in [0.2, 0.25) is 0 Å². The first-order valence-electron chi connectivity index (χ1n) is 4.07. The number of hydrogen-bond acceptors (Lipinski definition) is 2. The Labute approximate surface area is 83.8 Å². The second-order valence-corrected chi connectivity index (χ2v) is 3.52. The standard InChI is InChI=1S/C10H13ClN2/c1-8-4-5-10(11)9(6-8)7-12-13(2)3/h4-7H,1-3H3. The number of halogens is 1. The van der Waals surface area contributed by atoms with Crippen molar-refractivity contribution in [2.75, 3.05) is 14.1 Å². The van der Waals surface area contributed by atoms with Crippen molar-refractivity contribution < 1.29 is 0 Å². The molecular weight excluding hydrogens is 184 g/mol. The molecule has 0 saturated heterocycles. The van der Waals surface area contributed by atoms with Gasteiger partial charge in [-0.25, -0.2) is 0 Å². The zero-order valence-corrected chi connectivity index (χ0v) is 8.84. The van der Waals surface area contributed by atoms with Crippen LogP contribution in [0.2, 0.25) is 5.02 Å². The summed E-state index contributed by atoms with van der Waals surface area (Å²) in [5.41, 5.74) is 2.14. The lowest BCUT2D eigenvalue weighted by Gasteiger charge is -2.03. The highest BCUT2D eigenvalue weighted by Crippen LogP contribution is 2.15. The fourth-order valence-corrected chi connectivity index (χ4v) is 1.11. The average Bonchev–Trinajstić information content (AvgIpc) is 2.06. The largest absolute Gasteiger partial charge is 0.303 e. The molecule has 0 atom stereocenters. The van der Waals surface area contributed by atoms with Crippen LogP contribution in [-0.4, -0.2) is 25.3 Å². The van der Waals surface area contributed by atoms with Crippen molar-refractivity contribution in [2.45, 2.75) is 6.92 Å². The predicted octanol–water partition coefficient (Wildman–Crippen LogP) is 2.54. The molecule has 0 radical (unpaired) electrons. The smallest absolute Gasteiger partial charge is 0.0557 e. The Balaban J connectivity index is 2.93. The quantitative estimate of drug-likeness (QED) is 0.525. The van der Waals surface area contributed by atoms with E-state index in [9.17, 15) is 0 Å². The van der Waals surface area contributed by atoms with Crippen molar-refractivity contribution in [3.63, 3.8) is 0 Å². The fraction of sp³-hybridized carbons (Fsp3) is 0.300. The number of hydrogen-bond donors (Lipinski definition) is 0. The molecule has 70 valence electrons. The van der Waals surface area contributed by atoms with Crippen molar-refractivity contribution in [3.8, 4) is 0 Å². The summed E-state index contributed by atoms with van der Waals surface area (Å²) >= 11 is 5.97. The zero-order valence-electron chi connectivity index (χ0n) is 8.08. The molecule has 0 spiro atoms. The van der Waals surface area contributed by atoms with Crippen LogP contribution in [0.4, 0.5) is 0 Å². The molecule has 2 nitrogen and oxygen atoms in total. The number of aryl methyl sites for hydroxylation is 1. The number of nitrogens with zero attached hydrogens (tertiary/aromatic N) is 2. The van der Waals surface area contributed by atoms with Gasteiger partial charge in [-0.3, -0.25) is 0 Å². The Morgan fingerprint density at radius 3 is 2.69 bits per heavy atom. The van der Waals surface area contributed by atoms with Crippen molar-refractivity contribution >= 4 is 17.8 Å². The fourth-order valence-electron chi connectivity index (χ4n) is 0.940. The Bertz CT molecular complexity index is 319. The van der Waals surface area contributed by atoms with Crippen LogP contribution in [-0.2, 0) is 0 Å². The number of hydrazone groups is 1. The summed E-state index contributed by atoms with van der Waals surface area (Å²) in [5, 5.41) is 6.59. The molecular formula is C10H13ClN2. The van der Waals surface area contributed by atoms with Gasteiger partial charge >= 0.3 is 0 Å². The normalized spacial score (nSPS) is 10.8. The monoisotopic (exact) mass is 196 g/mol. The summed E-state index contributed by atoms with van der Waals surface area (Å²) in [6, 6.07) is 5.87. The van der Waals surface area contributed by atoms with Gasteiger partial charge < -0.3 is 5.01 Å². The molecule has 0 unspecified atom stereocenters. The van der Waals surface area contributed by atoms with E-state index in [0.717, 1.165) is 10.6 Å². The molecule has 0 amide bonds. The maximum Gasteiger partial charge on any atom is 0.0557 e. The Kier molecular flexibility index (Phi) is 3.32. The van der Waals surface area contributed by atoms with E-state index in [0.29, 0.717) is 0 Å². The van der Waals surface area contributed by atoms with Gasteiger partial charge in [-0.05, 0) is 19.1 Å². The van der Waals surface area contributed by atoms with Crippen LogP contribution in [0.25, 0.3) is 0 Å². The zero-order chi connectivity index (χ0) is 9.84. The van der Waals surface area contributed by atoms with E-state index in [4.69, 9.17) is 11.6 Å². The van der Waals surface area contributed by atoms with Gasteiger partial charge in [-0.1, -0.05) is 23.2 Å². The van der Waals surface area contributed by atoms with E-state index in [2.05, 4.69) is 5.10 Å². The lowest BCUT2D eigenvalue weighted by molar-refractivity contribution is 0.440. The van der Waals surface area contributed by atoms with E-state index >= 15 is 0 Å². The lowest BCUT2D eigenvalue weighted by Crippen LogP contribution is -2.02. The third-order valence-corrected chi connectivity index (χ3v) is 1.92. The minimum absolute atomic E-state index is 0.733. The van der Waals surface area contributed by atoms with Crippen LogP contribution in [0.3, 0.4) is 0 Å². The van der Waals surface area contributed by atoms with Crippen LogP contribution >= 0.6 is 11.6 Å². The van der Waals surface area contributed by atoms with Gasteiger partial charge in [0.15, 0.2) is 0 Å². The molecule has 0 fully saturated rings. The predicted molar refractivity (Wildman–Crippen MR) is 57.5 cm³/mol. The highest BCUT2D eigenvalue weighted by molar-refractivity contribution is 6.33. The third-order valence-electron chi connectivity index (χ3n) is 1.58. The molecule has 0 saturated carbocycles. The van der Waals surface area contributed by atoms with Crippen LogP contribution in [0.15, 0.2) is 23.3 Å². The van der Waals surface area contributed by atoms with Crippen LogP contribution in [0, 0.1) is 6.92 Å². The van der Waals surface area contributed by atoms with Crippen LogP contribution in [0.5, 0.6) is 0 Å². The second kappa shape index (κ2) is 4.28. The topological polar surface area (TPSA) is 15.6 Å². The van der Waals surface area contributed by atoms with Gasteiger partial charge in [-0.2, -0.15) is 5.10 Å². The summed E-state index contributed by atoms with van der Waals surface area (Å²) in [6.45, 7) is 2.03. The number of rotatable bonds is 2. The lowest BCUT2D eigenvalue weighted by atomic mass is 10.1. The Hall–Kier alpha value is -1.02. The van der Waals surface area contributed by atoms with Crippen molar-refractivity contribution in [1.29, 1.82) is 0 Å². The van der Waals surface area contributed by atoms with Gasteiger partial charge in [0.1, 0.15) is 0 Å². The van der Waals surface area contributed by atoms with Crippen LogP contribution in [0.1, 0.15) is 11.1 Å². The first kappa shape index (κ1) is 10.1. The second-order valence-electron chi connectivity index (χ2n) is 3.12. The van der Waals surface area contributed by atoms with Gasteiger partial charge in [0.25, 0.3) is 0 Å². The van der Waals surface area contributed by atoms with Crippen molar-refractivity contribution in [3.05, 3.63) is 34.3 Å². The third kappa shape index (κ3) is 3.07. The minimum atomic E-state index is 0.733. The molecule has 0 aliphatic rings. The van der Waals surface area contributed by atoms with Crippen molar-refractivity contribution in [2.24, 2.45) is 5.10 Å². The minimum Gasteiger partial charge on any atom is -0.303 e. The number of benzene rings is 1. The summed E-state index contributed by atoms with van der Waals surface area (Å²) in [6.07, 6.45) is 1.76. The highest BCUT2D eigenvalue weighted by Gasteiger charge is 1.96. The van der Waals surface area contributed by atoms with E-state index < -0.39 is 0 Å². The van der Waals surface area contributed by atoms with E-state index in [1.54, 1.807) is 11.2 Å². The Morgan fingerprint density at radius 1 is 1.38 bits per heavy atom. The molecule has 1 aromatic carbocycles. The van der Waals surface area contributed by atoms with Crippen LogP contribution < -0.4 is 0 Å². The van der Waals surface area contributed by atoms with E-state index in [-0.39, 0.29) is 0 Å². The molecule has 13 heavy (non-hydrogen) atoms. The highest BCUT2D eigenvalue weighted by atomic mass is 35.5. The maximum atomic E-state index is 5.97. The molecule has 3 heteroatoms.